The SMILES string of the molecule is COc1ccc(N2CCN(C(=O)c3ccnc(N4CCC(C)CC4)n3)CC2)cc1. The topological polar surface area (TPSA) is 61.8 Å². The number of hydrogen-bond donors (Lipinski definition) is 0. The molecule has 2 aliphatic heterocycles. The number of methoxy groups -OCH3 is 1. The molecule has 1 amide bonds. The van der Waals surface area contributed by atoms with E-state index in [4.69, 9.17) is 4.74 Å². The second-order valence-electron chi connectivity index (χ2n) is 7.89. The molecular formula is C22H29N5O2. The van der Waals surface area contributed by atoms with E-state index in [2.05, 4.69) is 38.8 Å². The second kappa shape index (κ2) is 8.68. The van der Waals surface area contributed by atoms with Gasteiger partial charge in [-0.3, -0.25) is 4.79 Å². The summed E-state index contributed by atoms with van der Waals surface area (Å²) in [7, 11) is 1.67. The molecule has 2 aliphatic rings. The van der Waals surface area contributed by atoms with E-state index in [-0.39, 0.29) is 5.91 Å². The summed E-state index contributed by atoms with van der Waals surface area (Å²) in [6, 6.07) is 9.79. The molecule has 7 heteroatoms. The molecule has 154 valence electrons. The fourth-order valence-electron chi connectivity index (χ4n) is 3.95. The van der Waals surface area contributed by atoms with Gasteiger partial charge in [0.05, 0.1) is 7.11 Å². The fraction of sp³-hybridized carbons (Fsp3) is 0.500. The number of rotatable bonds is 4. The summed E-state index contributed by atoms with van der Waals surface area (Å²) in [6.07, 6.45) is 4.00. The van der Waals surface area contributed by atoms with Gasteiger partial charge in [-0.1, -0.05) is 6.92 Å². The molecule has 0 unspecified atom stereocenters. The largest absolute Gasteiger partial charge is 0.497 e. The number of amides is 1. The van der Waals surface area contributed by atoms with E-state index in [1.807, 2.05) is 17.0 Å². The van der Waals surface area contributed by atoms with Crippen molar-refractivity contribution in [3.05, 3.63) is 42.2 Å². The van der Waals surface area contributed by atoms with Gasteiger partial charge < -0.3 is 19.4 Å². The van der Waals surface area contributed by atoms with Crippen molar-refractivity contribution in [3.8, 4) is 5.75 Å². The Kier molecular flexibility index (Phi) is 5.83. The average Bonchev–Trinajstić information content (AvgIpc) is 2.79. The van der Waals surface area contributed by atoms with Crippen LogP contribution >= 0.6 is 0 Å². The molecule has 29 heavy (non-hydrogen) atoms. The van der Waals surface area contributed by atoms with Crippen molar-refractivity contribution in [1.29, 1.82) is 0 Å². The van der Waals surface area contributed by atoms with Crippen LogP contribution in [0.15, 0.2) is 36.5 Å². The van der Waals surface area contributed by atoms with E-state index in [1.54, 1.807) is 19.4 Å². The number of carbonyl (C=O) groups excluding carboxylic acids is 1. The quantitative estimate of drug-likeness (QED) is 0.793. The van der Waals surface area contributed by atoms with Crippen molar-refractivity contribution in [2.75, 3.05) is 56.2 Å². The van der Waals surface area contributed by atoms with Gasteiger partial charge in [0.2, 0.25) is 5.95 Å². The third kappa shape index (κ3) is 4.44. The summed E-state index contributed by atoms with van der Waals surface area (Å²) >= 11 is 0. The number of hydrogen-bond acceptors (Lipinski definition) is 6. The molecular weight excluding hydrogens is 366 g/mol. The van der Waals surface area contributed by atoms with Crippen LogP contribution in [-0.2, 0) is 0 Å². The van der Waals surface area contributed by atoms with Crippen molar-refractivity contribution in [2.24, 2.45) is 5.92 Å². The van der Waals surface area contributed by atoms with E-state index in [1.165, 1.54) is 0 Å². The Morgan fingerprint density at radius 2 is 1.66 bits per heavy atom. The first-order valence-corrected chi connectivity index (χ1v) is 10.4. The van der Waals surface area contributed by atoms with Gasteiger partial charge in [-0.15, -0.1) is 0 Å². The predicted octanol–water partition coefficient (Wildman–Crippen LogP) is 2.68. The molecule has 1 aromatic carbocycles. The minimum absolute atomic E-state index is 0.00610. The van der Waals surface area contributed by atoms with Crippen LogP contribution in [0.25, 0.3) is 0 Å². The number of benzene rings is 1. The summed E-state index contributed by atoms with van der Waals surface area (Å²) in [6.45, 7) is 7.18. The van der Waals surface area contributed by atoms with Crippen molar-refractivity contribution >= 4 is 17.5 Å². The van der Waals surface area contributed by atoms with Crippen molar-refractivity contribution < 1.29 is 9.53 Å². The van der Waals surface area contributed by atoms with Gasteiger partial charge in [-0.2, -0.15) is 0 Å². The molecule has 0 bridgehead atoms. The van der Waals surface area contributed by atoms with Gasteiger partial charge >= 0.3 is 0 Å². The lowest BCUT2D eigenvalue weighted by atomic mass is 10.00. The highest BCUT2D eigenvalue weighted by molar-refractivity contribution is 5.92. The zero-order valence-corrected chi connectivity index (χ0v) is 17.3. The Morgan fingerprint density at radius 3 is 2.31 bits per heavy atom. The zero-order valence-electron chi connectivity index (χ0n) is 17.3. The van der Waals surface area contributed by atoms with Crippen LogP contribution in [0.4, 0.5) is 11.6 Å². The maximum atomic E-state index is 13.0. The molecule has 7 nitrogen and oxygen atoms in total. The lowest BCUT2D eigenvalue weighted by Crippen LogP contribution is -2.49. The fourth-order valence-corrected chi connectivity index (χ4v) is 3.95. The molecule has 0 radical (unpaired) electrons. The van der Waals surface area contributed by atoms with Crippen molar-refractivity contribution in [1.82, 2.24) is 14.9 Å². The van der Waals surface area contributed by atoms with Crippen LogP contribution in [0, 0.1) is 5.92 Å². The van der Waals surface area contributed by atoms with E-state index in [0.717, 1.165) is 56.4 Å². The van der Waals surface area contributed by atoms with E-state index in [9.17, 15) is 4.79 Å². The third-order valence-corrected chi connectivity index (χ3v) is 5.93. The van der Waals surface area contributed by atoms with E-state index in [0.29, 0.717) is 24.7 Å². The number of anilines is 2. The Bertz CT molecular complexity index is 825. The van der Waals surface area contributed by atoms with Gasteiger partial charge in [0.25, 0.3) is 5.91 Å². The van der Waals surface area contributed by atoms with E-state index >= 15 is 0 Å². The Balaban J connectivity index is 1.37. The highest BCUT2D eigenvalue weighted by Crippen LogP contribution is 2.22. The zero-order chi connectivity index (χ0) is 20.2. The van der Waals surface area contributed by atoms with Gasteiger partial charge in [0, 0.05) is 51.2 Å². The Morgan fingerprint density at radius 1 is 0.966 bits per heavy atom. The lowest BCUT2D eigenvalue weighted by Gasteiger charge is -2.36. The summed E-state index contributed by atoms with van der Waals surface area (Å²) in [5.74, 6) is 2.27. The predicted molar refractivity (Wildman–Crippen MR) is 114 cm³/mol. The summed E-state index contributed by atoms with van der Waals surface area (Å²) < 4.78 is 5.23. The minimum atomic E-state index is -0.00610. The van der Waals surface area contributed by atoms with E-state index < -0.39 is 0 Å². The highest BCUT2D eigenvalue weighted by atomic mass is 16.5. The number of piperazine rings is 1. The number of nitrogens with zero attached hydrogens (tertiary/aromatic N) is 5. The molecule has 2 saturated heterocycles. The summed E-state index contributed by atoms with van der Waals surface area (Å²) in [5, 5.41) is 0. The first-order valence-electron chi connectivity index (χ1n) is 10.4. The molecule has 0 spiro atoms. The third-order valence-electron chi connectivity index (χ3n) is 5.93. The first kappa shape index (κ1) is 19.5. The van der Waals surface area contributed by atoms with Crippen molar-refractivity contribution in [3.63, 3.8) is 0 Å². The molecule has 2 aromatic rings. The van der Waals surface area contributed by atoms with Crippen LogP contribution in [-0.4, -0.2) is 67.2 Å². The van der Waals surface area contributed by atoms with Crippen LogP contribution in [0.1, 0.15) is 30.3 Å². The molecule has 0 atom stereocenters. The number of carbonyl (C=O) groups is 1. The second-order valence-corrected chi connectivity index (χ2v) is 7.89. The van der Waals surface area contributed by atoms with Gasteiger partial charge in [-0.05, 0) is 49.1 Å². The molecule has 0 aliphatic carbocycles. The molecule has 0 saturated carbocycles. The maximum Gasteiger partial charge on any atom is 0.272 e. The Hall–Kier alpha value is -2.83. The average molecular weight is 396 g/mol. The van der Waals surface area contributed by atoms with Crippen LogP contribution in [0.5, 0.6) is 5.75 Å². The maximum absolute atomic E-state index is 13.0. The number of aromatic nitrogens is 2. The molecule has 1 aromatic heterocycles. The normalized spacial score (nSPS) is 18.1. The monoisotopic (exact) mass is 395 g/mol. The lowest BCUT2D eigenvalue weighted by molar-refractivity contribution is 0.0740. The summed E-state index contributed by atoms with van der Waals surface area (Å²) in [4.78, 5) is 28.4. The molecule has 4 rings (SSSR count). The first-order chi connectivity index (χ1) is 14.1. The van der Waals surface area contributed by atoms with Gasteiger partial charge in [-0.25, -0.2) is 9.97 Å². The smallest absolute Gasteiger partial charge is 0.272 e. The van der Waals surface area contributed by atoms with Crippen LogP contribution in [0.3, 0.4) is 0 Å². The summed E-state index contributed by atoms with van der Waals surface area (Å²) in [5.41, 5.74) is 1.65. The van der Waals surface area contributed by atoms with Crippen LogP contribution < -0.4 is 14.5 Å². The molecule has 0 N–H and O–H groups in total. The van der Waals surface area contributed by atoms with Gasteiger partial charge in [0.1, 0.15) is 11.4 Å². The molecule has 2 fully saturated rings. The van der Waals surface area contributed by atoms with Crippen molar-refractivity contribution in [2.45, 2.75) is 19.8 Å². The minimum Gasteiger partial charge on any atom is -0.497 e. The number of piperidine rings is 1. The van der Waals surface area contributed by atoms with Gasteiger partial charge in [0.15, 0.2) is 0 Å². The standard InChI is InChI=1S/C22H29N5O2/c1-17-8-11-27(12-9-17)22-23-10-7-20(24-22)21(28)26-15-13-25(14-16-26)18-3-5-19(29-2)6-4-18/h3-7,10,17H,8-9,11-16H2,1-2H3. The van der Waals surface area contributed by atoms with Crippen LogP contribution in [0.2, 0.25) is 0 Å². The highest BCUT2D eigenvalue weighted by Gasteiger charge is 2.25. The number of ether oxygens (including phenoxy) is 1. The Labute approximate surface area is 172 Å². The molecule has 3 heterocycles.